The van der Waals surface area contributed by atoms with Crippen LogP contribution in [0.5, 0.6) is 0 Å². The van der Waals surface area contributed by atoms with Gasteiger partial charge in [-0.25, -0.2) is 4.98 Å². The molecule has 2 aromatic heterocycles. The summed E-state index contributed by atoms with van der Waals surface area (Å²) in [5.74, 6) is -1.16. The molecule has 0 saturated carbocycles. The molecule has 4 nitrogen and oxygen atoms in total. The molecule has 0 fully saturated rings. The Morgan fingerprint density at radius 2 is 2.10 bits per heavy atom. The third kappa shape index (κ3) is 1.81. The van der Waals surface area contributed by atoms with Crippen LogP contribution in [-0.2, 0) is 19.1 Å². The number of aromatic amines is 1. The first-order chi connectivity index (χ1) is 9.43. The Balaban J connectivity index is 2.43. The van der Waals surface area contributed by atoms with E-state index in [1.165, 1.54) is 0 Å². The Morgan fingerprint density at radius 3 is 2.75 bits per heavy atom. The predicted molar refractivity (Wildman–Crippen MR) is 67.6 cm³/mol. The first-order valence-electron chi connectivity index (χ1n) is 6.06. The highest BCUT2D eigenvalue weighted by Gasteiger charge is 2.35. The number of nitrogens with zero attached hydrogens (tertiary/aromatic N) is 3. The molecule has 0 atom stereocenters. The van der Waals surface area contributed by atoms with Crippen LogP contribution in [-0.4, -0.2) is 14.5 Å². The minimum Gasteiger partial charge on any atom is -0.340 e. The van der Waals surface area contributed by atoms with Gasteiger partial charge in [0, 0.05) is 12.2 Å². The summed E-state index contributed by atoms with van der Waals surface area (Å²) in [6.45, 7) is 0.651. The zero-order chi connectivity index (χ0) is 14.5. The summed E-state index contributed by atoms with van der Waals surface area (Å²) < 4.78 is 40.1. The zero-order valence-corrected chi connectivity index (χ0v) is 11.0. The van der Waals surface area contributed by atoms with Gasteiger partial charge < -0.3 is 9.55 Å². The lowest BCUT2D eigenvalue weighted by Crippen LogP contribution is -2.12. The molecule has 0 bridgehead atoms. The molecule has 0 unspecified atom stereocenters. The molecule has 1 aliphatic rings. The molecule has 3 rings (SSSR count). The molecule has 0 aromatic carbocycles. The fourth-order valence-corrected chi connectivity index (χ4v) is 2.94. The van der Waals surface area contributed by atoms with Crippen molar-refractivity contribution in [1.29, 1.82) is 5.26 Å². The Morgan fingerprint density at radius 1 is 1.35 bits per heavy atom. The maximum atomic E-state index is 12.8. The van der Waals surface area contributed by atoms with E-state index in [2.05, 4.69) is 9.97 Å². The van der Waals surface area contributed by atoms with Crippen molar-refractivity contribution in [2.75, 3.05) is 0 Å². The molecule has 1 aliphatic heterocycles. The fourth-order valence-electron chi connectivity index (χ4n) is 2.64. The largest absolute Gasteiger partial charge is 0.449 e. The lowest BCUT2D eigenvalue weighted by Gasteiger charge is -2.15. The van der Waals surface area contributed by atoms with Crippen molar-refractivity contribution in [1.82, 2.24) is 14.5 Å². The molecule has 0 spiro atoms. The summed E-state index contributed by atoms with van der Waals surface area (Å²) in [5.41, 5.74) is 1.58. The molecular weight excluding hydrogens is 289 g/mol. The minimum atomic E-state index is -4.61. The third-order valence-corrected chi connectivity index (χ3v) is 3.74. The summed E-state index contributed by atoms with van der Waals surface area (Å²) >= 11 is 5.00. The number of fused-ring (bicyclic) bond motifs is 3. The quantitative estimate of drug-likeness (QED) is 0.759. The van der Waals surface area contributed by atoms with Gasteiger partial charge in [-0.1, -0.05) is 12.2 Å². The van der Waals surface area contributed by atoms with Crippen molar-refractivity contribution >= 4 is 23.3 Å². The van der Waals surface area contributed by atoms with Crippen LogP contribution in [0.1, 0.15) is 29.9 Å². The fraction of sp³-hybridized carbons (Fsp3) is 0.417. The number of aryl methyl sites for hydroxylation is 1. The van der Waals surface area contributed by atoms with Gasteiger partial charge in [0.15, 0.2) is 4.64 Å². The average Bonchev–Trinajstić information content (AvgIpc) is 2.71. The monoisotopic (exact) mass is 298 g/mol. The molecular formula is C12H9F3N4S. The van der Waals surface area contributed by atoms with Crippen molar-refractivity contribution in [3.63, 3.8) is 0 Å². The topological polar surface area (TPSA) is 57.4 Å². The van der Waals surface area contributed by atoms with Crippen LogP contribution < -0.4 is 0 Å². The Labute approximate surface area is 116 Å². The van der Waals surface area contributed by atoms with Gasteiger partial charge in [0.1, 0.15) is 11.6 Å². The van der Waals surface area contributed by atoms with Crippen molar-refractivity contribution in [3.05, 3.63) is 21.7 Å². The van der Waals surface area contributed by atoms with Gasteiger partial charge in [-0.3, -0.25) is 0 Å². The van der Waals surface area contributed by atoms with E-state index in [-0.39, 0.29) is 15.7 Å². The van der Waals surface area contributed by atoms with Crippen LogP contribution in [0.15, 0.2) is 0 Å². The molecule has 2 aromatic rings. The van der Waals surface area contributed by atoms with Crippen molar-refractivity contribution in [2.24, 2.45) is 0 Å². The van der Waals surface area contributed by atoms with E-state index in [1.807, 2.05) is 10.6 Å². The Bertz CT molecular complexity index is 794. The van der Waals surface area contributed by atoms with Crippen LogP contribution in [0.25, 0.3) is 11.0 Å². The second kappa shape index (κ2) is 4.31. The number of aromatic nitrogens is 3. The second-order valence-corrected chi connectivity index (χ2v) is 5.04. The van der Waals surface area contributed by atoms with E-state index in [4.69, 9.17) is 12.2 Å². The van der Waals surface area contributed by atoms with Crippen molar-refractivity contribution < 1.29 is 13.2 Å². The van der Waals surface area contributed by atoms with Gasteiger partial charge in [-0.15, -0.1) is 0 Å². The van der Waals surface area contributed by atoms with Gasteiger partial charge in [0.05, 0.1) is 11.1 Å². The molecule has 0 radical (unpaired) electrons. The van der Waals surface area contributed by atoms with E-state index >= 15 is 0 Å². The average molecular weight is 298 g/mol. The standard InChI is InChI=1S/C12H9F3N4S/c13-12(14,15)11-17-8-6(5-16)7-3-1-2-4-19(7)9(8)10(20)18-11/h1-4H2,(H,17,18,20). The number of H-pyrrole nitrogens is 1. The minimum absolute atomic E-state index is 0.115. The van der Waals surface area contributed by atoms with Crippen molar-refractivity contribution in [3.8, 4) is 6.07 Å². The Kier molecular flexibility index (Phi) is 2.83. The van der Waals surface area contributed by atoms with E-state index in [0.717, 1.165) is 18.5 Å². The Hall–Kier alpha value is -1.88. The smallest absolute Gasteiger partial charge is 0.340 e. The zero-order valence-electron chi connectivity index (χ0n) is 10.2. The summed E-state index contributed by atoms with van der Waals surface area (Å²) in [5, 5.41) is 9.25. The van der Waals surface area contributed by atoms with Gasteiger partial charge >= 0.3 is 6.18 Å². The van der Waals surface area contributed by atoms with E-state index in [9.17, 15) is 18.4 Å². The summed E-state index contributed by atoms with van der Waals surface area (Å²) in [6.07, 6.45) is -2.12. The molecule has 0 saturated heterocycles. The van der Waals surface area contributed by atoms with Crippen LogP contribution in [0.2, 0.25) is 0 Å². The molecule has 0 amide bonds. The van der Waals surface area contributed by atoms with Gasteiger partial charge in [0.25, 0.3) is 0 Å². The lowest BCUT2D eigenvalue weighted by atomic mass is 10.1. The van der Waals surface area contributed by atoms with Gasteiger partial charge in [-0.2, -0.15) is 18.4 Å². The number of alkyl halides is 3. The van der Waals surface area contributed by atoms with Crippen LogP contribution in [0.3, 0.4) is 0 Å². The molecule has 0 aliphatic carbocycles. The SMILES string of the molecule is N#Cc1c2n(c3c(=S)nc(C(F)(F)F)[nH]c13)CCCC2. The van der Waals surface area contributed by atoms with Crippen LogP contribution in [0, 0.1) is 16.0 Å². The van der Waals surface area contributed by atoms with Crippen LogP contribution in [0.4, 0.5) is 13.2 Å². The van der Waals surface area contributed by atoms with Gasteiger partial charge in [-0.05, 0) is 19.3 Å². The predicted octanol–water partition coefficient (Wildman–Crippen LogP) is 3.32. The van der Waals surface area contributed by atoms with Crippen LogP contribution >= 0.6 is 12.2 Å². The third-order valence-electron chi connectivity index (χ3n) is 3.46. The maximum Gasteiger partial charge on any atom is 0.449 e. The van der Waals surface area contributed by atoms with Crippen molar-refractivity contribution in [2.45, 2.75) is 32.0 Å². The number of hydrogen-bond donors (Lipinski definition) is 1. The number of halogens is 3. The first kappa shape index (κ1) is 13.1. The van der Waals surface area contributed by atoms with E-state index in [1.54, 1.807) is 0 Å². The molecule has 1 N–H and O–H groups in total. The summed E-state index contributed by atoms with van der Waals surface area (Å²) in [6, 6.07) is 1.99. The number of nitrogens with one attached hydrogen (secondary N) is 1. The number of rotatable bonds is 0. The lowest BCUT2D eigenvalue weighted by molar-refractivity contribution is -0.144. The molecule has 3 heterocycles. The first-order valence-corrected chi connectivity index (χ1v) is 6.47. The summed E-state index contributed by atoms with van der Waals surface area (Å²) in [7, 11) is 0. The highest BCUT2D eigenvalue weighted by atomic mass is 32.1. The second-order valence-electron chi connectivity index (χ2n) is 4.65. The summed E-state index contributed by atoms with van der Waals surface area (Å²) in [4.78, 5) is 5.67. The van der Waals surface area contributed by atoms with Gasteiger partial charge in [0.2, 0.25) is 5.82 Å². The highest BCUT2D eigenvalue weighted by molar-refractivity contribution is 7.71. The molecule has 20 heavy (non-hydrogen) atoms. The molecule has 8 heteroatoms. The normalized spacial score (nSPS) is 15.1. The highest BCUT2D eigenvalue weighted by Crippen LogP contribution is 2.32. The molecule has 104 valence electrons. The number of hydrogen-bond acceptors (Lipinski definition) is 3. The number of nitriles is 1. The maximum absolute atomic E-state index is 12.8. The van der Waals surface area contributed by atoms with E-state index < -0.39 is 12.0 Å². The van der Waals surface area contributed by atoms with E-state index in [0.29, 0.717) is 18.5 Å².